The number of nitrogens with one attached hydrogen (secondary N) is 2. The molecule has 0 radical (unpaired) electrons. The van der Waals surface area contributed by atoms with Gasteiger partial charge in [0.05, 0.1) is 10.7 Å². The van der Waals surface area contributed by atoms with Crippen molar-refractivity contribution in [2.45, 2.75) is 33.2 Å². The van der Waals surface area contributed by atoms with Crippen LogP contribution >= 0.6 is 11.3 Å². The Balaban J connectivity index is 2.33. The Morgan fingerprint density at radius 2 is 2.16 bits per heavy atom. The van der Waals surface area contributed by atoms with Crippen LogP contribution in [0.25, 0.3) is 0 Å². The molecule has 106 valence electrons. The lowest BCUT2D eigenvalue weighted by Gasteiger charge is -2.18. The van der Waals surface area contributed by atoms with Gasteiger partial charge in [0.1, 0.15) is 6.04 Å². The van der Waals surface area contributed by atoms with Crippen molar-refractivity contribution >= 4 is 23.3 Å². The Hall–Kier alpha value is -1.63. The molecule has 0 aliphatic carbocycles. The van der Waals surface area contributed by atoms with E-state index in [4.69, 9.17) is 5.11 Å². The predicted molar refractivity (Wildman–Crippen MR) is 73.4 cm³/mol. The van der Waals surface area contributed by atoms with E-state index >= 15 is 0 Å². The van der Waals surface area contributed by atoms with Crippen molar-refractivity contribution in [2.24, 2.45) is 5.92 Å². The van der Waals surface area contributed by atoms with Gasteiger partial charge in [-0.3, -0.25) is 0 Å². The third-order valence-electron chi connectivity index (χ3n) is 2.55. The first-order valence-electron chi connectivity index (χ1n) is 6.08. The van der Waals surface area contributed by atoms with E-state index in [0.717, 1.165) is 10.7 Å². The Labute approximate surface area is 116 Å². The summed E-state index contributed by atoms with van der Waals surface area (Å²) in [4.78, 5) is 26.8. The summed E-state index contributed by atoms with van der Waals surface area (Å²) < 4.78 is 0. The molecule has 6 nitrogen and oxygen atoms in total. The quantitative estimate of drug-likeness (QED) is 0.737. The lowest BCUT2D eigenvalue weighted by molar-refractivity contribution is -0.140. The zero-order chi connectivity index (χ0) is 14.4. The molecule has 0 saturated carbocycles. The smallest absolute Gasteiger partial charge is 0.326 e. The minimum atomic E-state index is -1.03. The second kappa shape index (κ2) is 7.08. The van der Waals surface area contributed by atoms with Crippen LogP contribution in [-0.2, 0) is 11.2 Å². The minimum absolute atomic E-state index is 0.163. The number of urea groups is 1. The summed E-state index contributed by atoms with van der Waals surface area (Å²) >= 11 is 1.56. The van der Waals surface area contributed by atoms with Gasteiger partial charge in [-0.25, -0.2) is 14.6 Å². The largest absolute Gasteiger partial charge is 0.480 e. The maximum atomic E-state index is 11.6. The number of hydrogen-bond acceptors (Lipinski definition) is 4. The highest BCUT2D eigenvalue weighted by Crippen LogP contribution is 2.07. The van der Waals surface area contributed by atoms with E-state index in [-0.39, 0.29) is 5.92 Å². The second-order valence-electron chi connectivity index (χ2n) is 4.57. The molecule has 0 aliphatic rings. The molecule has 0 fully saturated rings. The van der Waals surface area contributed by atoms with E-state index in [2.05, 4.69) is 15.6 Å². The van der Waals surface area contributed by atoms with Crippen molar-refractivity contribution in [1.82, 2.24) is 15.6 Å². The van der Waals surface area contributed by atoms with Gasteiger partial charge in [0.25, 0.3) is 0 Å². The van der Waals surface area contributed by atoms with Crippen LogP contribution in [0.1, 0.15) is 24.5 Å². The van der Waals surface area contributed by atoms with Crippen LogP contribution in [0.3, 0.4) is 0 Å². The van der Waals surface area contributed by atoms with Crippen molar-refractivity contribution in [2.75, 3.05) is 6.54 Å². The molecule has 1 atom stereocenters. The zero-order valence-electron chi connectivity index (χ0n) is 11.3. The molecule has 2 amide bonds. The van der Waals surface area contributed by atoms with Crippen LogP contribution in [0.5, 0.6) is 0 Å². The standard InChI is InChI=1S/C12H19N3O3S/c1-7(2)10(11(16)17)15-12(18)13-5-4-9-6-19-8(3)14-9/h6-7,10H,4-5H2,1-3H3,(H,16,17)(H2,13,15,18). The molecule has 1 unspecified atom stereocenters. The maximum absolute atomic E-state index is 11.6. The summed E-state index contributed by atoms with van der Waals surface area (Å²) in [5, 5.41) is 17.0. The maximum Gasteiger partial charge on any atom is 0.326 e. The number of thiazole rings is 1. The number of aryl methyl sites for hydroxylation is 1. The molecule has 1 rings (SSSR count). The fourth-order valence-corrected chi connectivity index (χ4v) is 2.18. The van der Waals surface area contributed by atoms with Crippen LogP contribution in [0.4, 0.5) is 4.79 Å². The lowest BCUT2D eigenvalue weighted by atomic mass is 10.1. The number of aromatic nitrogens is 1. The third-order valence-corrected chi connectivity index (χ3v) is 3.37. The highest BCUT2D eigenvalue weighted by atomic mass is 32.1. The molecule has 0 spiro atoms. The molecule has 1 aromatic rings. The van der Waals surface area contributed by atoms with Crippen molar-refractivity contribution < 1.29 is 14.7 Å². The summed E-state index contributed by atoms with van der Waals surface area (Å²) in [7, 11) is 0. The highest BCUT2D eigenvalue weighted by molar-refractivity contribution is 7.09. The fraction of sp³-hybridized carbons (Fsp3) is 0.583. The summed E-state index contributed by atoms with van der Waals surface area (Å²) in [6, 6.07) is -1.34. The molecule has 3 N–H and O–H groups in total. The summed E-state index contributed by atoms with van der Waals surface area (Å²) in [5.41, 5.74) is 0.932. The minimum Gasteiger partial charge on any atom is -0.480 e. The molecule has 0 aliphatic heterocycles. The van der Waals surface area contributed by atoms with Gasteiger partial charge >= 0.3 is 12.0 Å². The number of hydrogen-bond donors (Lipinski definition) is 3. The first-order valence-corrected chi connectivity index (χ1v) is 6.96. The van der Waals surface area contributed by atoms with Crippen LogP contribution < -0.4 is 10.6 Å². The van der Waals surface area contributed by atoms with Crippen molar-refractivity contribution in [1.29, 1.82) is 0 Å². The number of carboxylic acid groups (broad SMARTS) is 1. The lowest BCUT2D eigenvalue weighted by Crippen LogP contribution is -2.48. The third kappa shape index (κ3) is 5.25. The van der Waals surface area contributed by atoms with Gasteiger partial charge in [0.15, 0.2) is 0 Å². The first-order chi connectivity index (χ1) is 8.90. The Morgan fingerprint density at radius 3 is 2.63 bits per heavy atom. The van der Waals surface area contributed by atoms with E-state index in [1.54, 1.807) is 25.2 Å². The molecular formula is C12H19N3O3S. The topological polar surface area (TPSA) is 91.3 Å². The average Bonchev–Trinajstić information content (AvgIpc) is 2.71. The van der Waals surface area contributed by atoms with E-state index in [9.17, 15) is 9.59 Å². The van der Waals surface area contributed by atoms with E-state index in [0.29, 0.717) is 13.0 Å². The van der Waals surface area contributed by atoms with Gasteiger partial charge in [0.2, 0.25) is 0 Å². The van der Waals surface area contributed by atoms with Gasteiger partial charge in [-0.2, -0.15) is 0 Å². The molecule has 1 aromatic heterocycles. The van der Waals surface area contributed by atoms with Crippen LogP contribution in [0, 0.1) is 12.8 Å². The average molecular weight is 285 g/mol. The van der Waals surface area contributed by atoms with Crippen LogP contribution in [-0.4, -0.2) is 34.7 Å². The highest BCUT2D eigenvalue weighted by Gasteiger charge is 2.22. The van der Waals surface area contributed by atoms with Crippen molar-refractivity contribution in [3.63, 3.8) is 0 Å². The Bertz CT molecular complexity index is 445. The van der Waals surface area contributed by atoms with Crippen molar-refractivity contribution in [3.8, 4) is 0 Å². The second-order valence-corrected chi connectivity index (χ2v) is 5.63. The Kier molecular flexibility index (Phi) is 5.75. The molecule has 1 heterocycles. The fourth-order valence-electron chi connectivity index (χ4n) is 1.53. The molecule has 7 heteroatoms. The normalized spacial score (nSPS) is 12.2. The van der Waals surface area contributed by atoms with E-state index in [1.807, 2.05) is 12.3 Å². The molecule has 0 saturated heterocycles. The molecule has 0 aromatic carbocycles. The Morgan fingerprint density at radius 1 is 1.47 bits per heavy atom. The van der Waals surface area contributed by atoms with Gasteiger partial charge < -0.3 is 15.7 Å². The van der Waals surface area contributed by atoms with Crippen molar-refractivity contribution in [3.05, 3.63) is 16.1 Å². The van der Waals surface area contributed by atoms with Gasteiger partial charge in [-0.15, -0.1) is 11.3 Å². The van der Waals surface area contributed by atoms with Crippen LogP contribution in [0.15, 0.2) is 5.38 Å². The van der Waals surface area contributed by atoms with Gasteiger partial charge in [-0.1, -0.05) is 13.8 Å². The summed E-state index contributed by atoms with van der Waals surface area (Å²) in [6.07, 6.45) is 0.636. The number of aliphatic carboxylic acids is 1. The van der Waals surface area contributed by atoms with Gasteiger partial charge in [-0.05, 0) is 12.8 Å². The predicted octanol–water partition coefficient (Wildman–Crippen LogP) is 1.40. The number of carbonyl (C=O) groups is 2. The molecule has 0 bridgehead atoms. The first kappa shape index (κ1) is 15.4. The number of rotatable bonds is 6. The molecule has 19 heavy (non-hydrogen) atoms. The number of carbonyl (C=O) groups excluding carboxylic acids is 1. The number of nitrogens with zero attached hydrogens (tertiary/aromatic N) is 1. The van der Waals surface area contributed by atoms with Gasteiger partial charge in [0, 0.05) is 18.3 Å². The SMILES string of the molecule is Cc1nc(CCNC(=O)NC(C(=O)O)C(C)C)cs1. The molecular weight excluding hydrogens is 266 g/mol. The number of carboxylic acids is 1. The number of amides is 2. The van der Waals surface area contributed by atoms with E-state index in [1.165, 1.54) is 0 Å². The monoisotopic (exact) mass is 285 g/mol. The van der Waals surface area contributed by atoms with E-state index < -0.39 is 18.0 Å². The summed E-state index contributed by atoms with van der Waals surface area (Å²) in [5.74, 6) is -1.19. The summed E-state index contributed by atoms with van der Waals surface area (Å²) in [6.45, 7) is 5.85. The van der Waals surface area contributed by atoms with Crippen LogP contribution in [0.2, 0.25) is 0 Å². The zero-order valence-corrected chi connectivity index (χ0v) is 12.1.